The smallest absolute Gasteiger partial charge is 0.315 e. The van der Waals surface area contributed by atoms with Crippen LogP contribution in [0.25, 0.3) is 0 Å². The van der Waals surface area contributed by atoms with Crippen LogP contribution in [0.4, 0.5) is 4.79 Å². The number of aryl methyl sites for hydroxylation is 2. The van der Waals surface area contributed by atoms with Crippen LogP contribution in [0.3, 0.4) is 0 Å². The first-order valence-electron chi connectivity index (χ1n) is 11.7. The van der Waals surface area contributed by atoms with Gasteiger partial charge in [0.15, 0.2) is 0 Å². The highest BCUT2D eigenvalue weighted by Gasteiger charge is 2.51. The Bertz CT molecular complexity index is 778. The zero-order valence-electron chi connectivity index (χ0n) is 18.2. The normalized spacial score (nSPS) is 35.4. The molecule has 1 atom stereocenters. The summed E-state index contributed by atoms with van der Waals surface area (Å²) in [5.74, 6) is 3.34. The van der Waals surface area contributed by atoms with Crippen LogP contribution < -0.4 is 10.6 Å². The first kappa shape index (κ1) is 19.9. The summed E-state index contributed by atoms with van der Waals surface area (Å²) in [6.45, 7) is 4.97. The van der Waals surface area contributed by atoms with Crippen LogP contribution in [0.15, 0.2) is 4.52 Å². The molecule has 1 unspecified atom stereocenters. The fraction of sp³-hybridized carbons (Fsp3) is 0.783. The number of nitrogens with one attached hydrogen (secondary N) is 2. The van der Waals surface area contributed by atoms with Gasteiger partial charge in [-0.15, -0.1) is 0 Å². The molecule has 1 aliphatic heterocycles. The minimum atomic E-state index is -0.0337. The van der Waals surface area contributed by atoms with E-state index in [4.69, 9.17) is 4.52 Å². The molecule has 0 radical (unpaired) electrons. The Morgan fingerprint density at radius 3 is 2.40 bits per heavy atom. The van der Waals surface area contributed by atoms with Gasteiger partial charge in [0, 0.05) is 30.1 Å². The van der Waals surface area contributed by atoms with Gasteiger partial charge in [-0.1, -0.05) is 5.16 Å². The number of hydrogen-bond donors (Lipinski definition) is 2. The molecule has 1 aromatic rings. The first-order valence-corrected chi connectivity index (χ1v) is 11.7. The summed E-state index contributed by atoms with van der Waals surface area (Å²) < 4.78 is 5.24. The summed E-state index contributed by atoms with van der Waals surface area (Å²) >= 11 is 0. The number of amides is 3. The first-order chi connectivity index (χ1) is 14.4. The molecule has 3 amide bonds. The minimum Gasteiger partial charge on any atom is -0.361 e. The van der Waals surface area contributed by atoms with Crippen molar-refractivity contribution < 1.29 is 14.1 Å². The Morgan fingerprint density at radius 2 is 1.80 bits per heavy atom. The predicted molar refractivity (Wildman–Crippen MR) is 112 cm³/mol. The van der Waals surface area contributed by atoms with Gasteiger partial charge in [0.1, 0.15) is 5.76 Å². The number of carbonyl (C=O) groups excluding carboxylic acids is 2. The third-order valence-electron chi connectivity index (χ3n) is 8.09. The van der Waals surface area contributed by atoms with Crippen molar-refractivity contribution in [2.75, 3.05) is 6.54 Å². The van der Waals surface area contributed by atoms with E-state index in [-0.39, 0.29) is 23.5 Å². The molecule has 0 spiro atoms. The monoisotopic (exact) mass is 414 g/mol. The molecule has 1 saturated heterocycles. The predicted octanol–water partition coefficient (Wildman–Crippen LogP) is 3.44. The Balaban J connectivity index is 1.16. The van der Waals surface area contributed by atoms with Gasteiger partial charge >= 0.3 is 6.03 Å². The lowest BCUT2D eigenvalue weighted by Crippen LogP contribution is -2.62. The maximum Gasteiger partial charge on any atom is 0.315 e. The molecule has 30 heavy (non-hydrogen) atoms. The summed E-state index contributed by atoms with van der Waals surface area (Å²) in [5.41, 5.74) is 1.86. The fourth-order valence-corrected chi connectivity index (χ4v) is 6.99. The van der Waals surface area contributed by atoms with Crippen LogP contribution in [-0.4, -0.2) is 40.1 Å². The molecule has 4 bridgehead atoms. The molecule has 2 N–H and O–H groups in total. The number of carbonyl (C=O) groups is 2. The molecule has 1 aromatic heterocycles. The van der Waals surface area contributed by atoms with E-state index in [0.29, 0.717) is 25.9 Å². The van der Waals surface area contributed by atoms with Gasteiger partial charge in [-0.05, 0) is 83.0 Å². The van der Waals surface area contributed by atoms with Crippen molar-refractivity contribution in [3.63, 3.8) is 0 Å². The Kier molecular flexibility index (Phi) is 5.02. The zero-order chi connectivity index (χ0) is 20.9. The Labute approximate surface area is 178 Å². The molecular formula is C23H34N4O3. The van der Waals surface area contributed by atoms with E-state index in [1.54, 1.807) is 0 Å². The summed E-state index contributed by atoms with van der Waals surface area (Å²) in [5, 5.41) is 10.6. The highest BCUT2D eigenvalue weighted by molar-refractivity contribution is 5.77. The Hall–Kier alpha value is -2.05. The summed E-state index contributed by atoms with van der Waals surface area (Å²) in [6.07, 6.45) is 9.51. The van der Waals surface area contributed by atoms with Gasteiger partial charge in [0.25, 0.3) is 0 Å². The average molecular weight is 415 g/mol. The maximum absolute atomic E-state index is 12.9. The number of hydrogen-bond acceptors (Lipinski definition) is 4. The molecule has 6 rings (SSSR count). The molecule has 0 aromatic carbocycles. The van der Waals surface area contributed by atoms with Gasteiger partial charge in [-0.25, -0.2) is 4.79 Å². The lowest BCUT2D eigenvalue weighted by molar-refractivity contribution is -0.131. The summed E-state index contributed by atoms with van der Waals surface area (Å²) in [4.78, 5) is 27.4. The quantitative estimate of drug-likeness (QED) is 0.790. The van der Waals surface area contributed by atoms with Gasteiger partial charge in [0.2, 0.25) is 5.91 Å². The molecule has 4 aliphatic carbocycles. The second kappa shape index (κ2) is 7.57. The summed E-state index contributed by atoms with van der Waals surface area (Å²) in [7, 11) is 0. The largest absolute Gasteiger partial charge is 0.361 e. The van der Waals surface area contributed by atoms with Crippen LogP contribution in [0.2, 0.25) is 0 Å². The second-order valence-electron chi connectivity index (χ2n) is 10.4. The van der Waals surface area contributed by atoms with Crippen molar-refractivity contribution in [3.8, 4) is 0 Å². The summed E-state index contributed by atoms with van der Waals surface area (Å²) in [6, 6.07) is 0.00565. The van der Waals surface area contributed by atoms with Crippen molar-refractivity contribution in [2.24, 2.45) is 17.8 Å². The SMILES string of the molecule is Cc1noc(C)c1CN1CCC(NC(=O)NC23CC4CC(CC(C4)C2)C3)CCC1=O. The second-order valence-corrected chi connectivity index (χ2v) is 10.4. The van der Waals surface area contributed by atoms with Gasteiger partial charge in [-0.3, -0.25) is 4.79 Å². The molecule has 7 heteroatoms. The van der Waals surface area contributed by atoms with Crippen molar-refractivity contribution in [2.45, 2.75) is 89.8 Å². The van der Waals surface area contributed by atoms with Crippen LogP contribution >= 0.6 is 0 Å². The van der Waals surface area contributed by atoms with Crippen molar-refractivity contribution in [1.29, 1.82) is 0 Å². The van der Waals surface area contributed by atoms with Crippen LogP contribution in [0.5, 0.6) is 0 Å². The molecule has 2 heterocycles. The Morgan fingerprint density at radius 1 is 1.13 bits per heavy atom. The van der Waals surface area contributed by atoms with Gasteiger partial charge in [0.05, 0.1) is 12.2 Å². The zero-order valence-corrected chi connectivity index (χ0v) is 18.2. The molecule has 164 valence electrons. The maximum atomic E-state index is 12.9. The standard InChI is InChI=1S/C23H34N4O3/c1-14-20(15(2)30-26-14)13-27-6-5-19(3-4-21(27)28)24-22(29)25-23-10-16-7-17(11-23)9-18(8-16)12-23/h16-19H,3-13H2,1-2H3,(H2,24,25,29). The third-order valence-corrected chi connectivity index (χ3v) is 8.09. The number of likely N-dealkylation sites (tertiary alicyclic amines) is 1. The average Bonchev–Trinajstić information content (AvgIpc) is 2.87. The molecular weight excluding hydrogens is 380 g/mol. The van der Waals surface area contributed by atoms with E-state index >= 15 is 0 Å². The number of nitrogens with zero attached hydrogens (tertiary/aromatic N) is 2. The highest BCUT2D eigenvalue weighted by atomic mass is 16.5. The van der Waals surface area contributed by atoms with E-state index in [9.17, 15) is 9.59 Å². The highest BCUT2D eigenvalue weighted by Crippen LogP contribution is 2.55. The lowest BCUT2D eigenvalue weighted by atomic mass is 9.53. The third kappa shape index (κ3) is 3.83. The fourth-order valence-electron chi connectivity index (χ4n) is 6.99. The minimum absolute atomic E-state index is 0.0226. The molecule has 5 aliphatic rings. The van der Waals surface area contributed by atoms with Crippen LogP contribution in [0.1, 0.15) is 74.8 Å². The van der Waals surface area contributed by atoms with E-state index in [1.165, 1.54) is 19.3 Å². The number of urea groups is 1. The van der Waals surface area contributed by atoms with Crippen LogP contribution in [-0.2, 0) is 11.3 Å². The number of aromatic nitrogens is 1. The molecule has 7 nitrogen and oxygen atoms in total. The topological polar surface area (TPSA) is 87.5 Å². The van der Waals surface area contributed by atoms with E-state index < -0.39 is 0 Å². The van der Waals surface area contributed by atoms with Gasteiger partial charge < -0.3 is 20.1 Å². The molecule has 4 saturated carbocycles. The lowest BCUT2D eigenvalue weighted by Gasteiger charge is -2.56. The van der Waals surface area contributed by atoms with Gasteiger partial charge in [-0.2, -0.15) is 0 Å². The van der Waals surface area contributed by atoms with Crippen molar-refractivity contribution in [1.82, 2.24) is 20.7 Å². The van der Waals surface area contributed by atoms with Crippen LogP contribution in [0, 0.1) is 31.6 Å². The van der Waals surface area contributed by atoms with E-state index in [1.807, 2.05) is 18.7 Å². The van der Waals surface area contributed by atoms with E-state index in [0.717, 1.165) is 60.5 Å². The molecule has 5 fully saturated rings. The number of rotatable bonds is 4. The van der Waals surface area contributed by atoms with Crippen molar-refractivity contribution >= 4 is 11.9 Å². The van der Waals surface area contributed by atoms with E-state index in [2.05, 4.69) is 15.8 Å². The van der Waals surface area contributed by atoms with Crippen molar-refractivity contribution in [3.05, 3.63) is 17.0 Å².